The predicted octanol–water partition coefficient (Wildman–Crippen LogP) is 2.72. The number of ether oxygens (including phenoxy) is 1. The molecule has 0 aromatic carbocycles. The van der Waals surface area contributed by atoms with Crippen LogP contribution < -0.4 is 0 Å². The standard InChI is InChI=1S/C4H2F8O/c5-1(3(7,8)9)13-2(6)4(10,11)12/h1-2H. The van der Waals surface area contributed by atoms with E-state index < -0.39 is 25.1 Å². The minimum absolute atomic E-state index is 2.40. The van der Waals surface area contributed by atoms with Crippen molar-refractivity contribution in [3.05, 3.63) is 0 Å². The zero-order valence-electron chi connectivity index (χ0n) is 5.59. The number of halogens is 8. The molecule has 2 atom stereocenters. The maximum Gasteiger partial charge on any atom is 0.445 e. The van der Waals surface area contributed by atoms with Gasteiger partial charge in [0, 0.05) is 0 Å². The Morgan fingerprint density at radius 3 is 1.08 bits per heavy atom. The van der Waals surface area contributed by atoms with Crippen LogP contribution in [0.2, 0.25) is 0 Å². The molecule has 9 heteroatoms. The van der Waals surface area contributed by atoms with E-state index in [0.29, 0.717) is 0 Å². The molecule has 2 unspecified atom stereocenters. The molecule has 0 amide bonds. The van der Waals surface area contributed by atoms with Crippen molar-refractivity contribution in [2.24, 2.45) is 0 Å². The molecule has 0 spiro atoms. The molecule has 0 fully saturated rings. The third-order valence-corrected chi connectivity index (χ3v) is 0.754. The lowest BCUT2D eigenvalue weighted by Gasteiger charge is -2.17. The molecule has 0 heterocycles. The minimum Gasteiger partial charge on any atom is -0.299 e. The molecule has 13 heavy (non-hydrogen) atoms. The summed E-state index contributed by atoms with van der Waals surface area (Å²) in [6.45, 7) is 0. The number of rotatable bonds is 2. The van der Waals surface area contributed by atoms with Crippen LogP contribution in [0, 0.1) is 0 Å². The summed E-state index contributed by atoms with van der Waals surface area (Å²) < 4.78 is 92.6. The third kappa shape index (κ3) is 4.25. The summed E-state index contributed by atoms with van der Waals surface area (Å²) >= 11 is 0. The topological polar surface area (TPSA) is 9.23 Å². The van der Waals surface area contributed by atoms with Gasteiger partial charge in [0.25, 0.3) is 12.7 Å². The van der Waals surface area contributed by atoms with E-state index in [4.69, 9.17) is 0 Å². The first-order valence-electron chi connectivity index (χ1n) is 2.62. The van der Waals surface area contributed by atoms with Crippen LogP contribution in [0.15, 0.2) is 0 Å². The Morgan fingerprint density at radius 2 is 0.923 bits per heavy atom. The lowest BCUT2D eigenvalue weighted by Crippen LogP contribution is -2.36. The fourth-order valence-electron chi connectivity index (χ4n) is 0.259. The monoisotopic (exact) mass is 218 g/mol. The van der Waals surface area contributed by atoms with Gasteiger partial charge >= 0.3 is 12.4 Å². The molecule has 0 aromatic heterocycles. The van der Waals surface area contributed by atoms with Crippen molar-refractivity contribution in [1.29, 1.82) is 0 Å². The molecule has 0 aliphatic heterocycles. The van der Waals surface area contributed by atoms with Gasteiger partial charge in [-0.15, -0.1) is 0 Å². The lowest BCUT2D eigenvalue weighted by molar-refractivity contribution is -0.344. The van der Waals surface area contributed by atoms with Crippen molar-refractivity contribution in [2.45, 2.75) is 25.1 Å². The van der Waals surface area contributed by atoms with E-state index >= 15 is 0 Å². The molecular weight excluding hydrogens is 216 g/mol. The van der Waals surface area contributed by atoms with Crippen molar-refractivity contribution in [1.82, 2.24) is 0 Å². The molecule has 0 aliphatic rings. The number of hydrogen-bond acceptors (Lipinski definition) is 1. The zero-order valence-corrected chi connectivity index (χ0v) is 5.59. The van der Waals surface area contributed by atoms with E-state index in [9.17, 15) is 35.1 Å². The SMILES string of the molecule is FC(OC(F)C(F)(F)F)C(F)(F)F. The van der Waals surface area contributed by atoms with Crippen LogP contribution in [-0.2, 0) is 4.74 Å². The van der Waals surface area contributed by atoms with Gasteiger partial charge in [0.1, 0.15) is 0 Å². The second-order valence-corrected chi connectivity index (χ2v) is 1.85. The molecule has 0 aliphatic carbocycles. The van der Waals surface area contributed by atoms with Gasteiger partial charge in [-0.2, -0.15) is 26.3 Å². The zero-order chi connectivity index (χ0) is 10.9. The normalized spacial score (nSPS) is 18.5. The number of hydrogen-bond donors (Lipinski definition) is 0. The fourth-order valence-corrected chi connectivity index (χ4v) is 0.259. The summed E-state index contributed by atoms with van der Waals surface area (Å²) in [5.41, 5.74) is 0. The van der Waals surface area contributed by atoms with Gasteiger partial charge in [0.05, 0.1) is 0 Å². The van der Waals surface area contributed by atoms with Crippen molar-refractivity contribution in [2.75, 3.05) is 0 Å². The Hall–Kier alpha value is -0.600. The Bertz CT molecular complexity index is 141. The first-order chi connectivity index (χ1) is 5.55. The quantitative estimate of drug-likeness (QED) is 0.647. The maximum atomic E-state index is 11.6. The largest absolute Gasteiger partial charge is 0.445 e. The summed E-state index contributed by atoms with van der Waals surface area (Å²) in [6, 6.07) is 0. The van der Waals surface area contributed by atoms with E-state index in [2.05, 4.69) is 4.74 Å². The highest BCUT2D eigenvalue weighted by molar-refractivity contribution is 4.60. The Balaban J connectivity index is 4.15. The molecule has 1 nitrogen and oxygen atoms in total. The van der Waals surface area contributed by atoms with Crippen molar-refractivity contribution in [3.63, 3.8) is 0 Å². The molecule has 0 rings (SSSR count). The predicted molar refractivity (Wildman–Crippen MR) is 23.0 cm³/mol. The van der Waals surface area contributed by atoms with Crippen LogP contribution in [0.1, 0.15) is 0 Å². The first-order valence-corrected chi connectivity index (χ1v) is 2.62. The van der Waals surface area contributed by atoms with Crippen molar-refractivity contribution in [3.8, 4) is 0 Å². The third-order valence-electron chi connectivity index (χ3n) is 0.754. The molecule has 0 saturated carbocycles. The van der Waals surface area contributed by atoms with Crippen LogP contribution in [0.3, 0.4) is 0 Å². The fraction of sp³-hybridized carbons (Fsp3) is 1.00. The summed E-state index contributed by atoms with van der Waals surface area (Å²) in [6.07, 6.45) is -19.9. The molecular formula is C4H2F8O. The van der Waals surface area contributed by atoms with Gasteiger partial charge in [-0.1, -0.05) is 0 Å². The molecule has 0 N–H and O–H groups in total. The van der Waals surface area contributed by atoms with E-state index in [0.717, 1.165) is 0 Å². The lowest BCUT2D eigenvalue weighted by atomic mass is 10.6. The van der Waals surface area contributed by atoms with Gasteiger partial charge in [0.15, 0.2) is 0 Å². The highest BCUT2D eigenvalue weighted by Gasteiger charge is 2.49. The highest BCUT2D eigenvalue weighted by atomic mass is 19.4. The summed E-state index contributed by atoms with van der Waals surface area (Å²) in [5.74, 6) is 0. The van der Waals surface area contributed by atoms with Crippen LogP contribution >= 0.6 is 0 Å². The second kappa shape index (κ2) is 3.64. The molecule has 0 saturated heterocycles. The van der Waals surface area contributed by atoms with Gasteiger partial charge in [-0.3, -0.25) is 4.74 Å². The number of alkyl halides is 8. The van der Waals surface area contributed by atoms with Gasteiger partial charge < -0.3 is 0 Å². The minimum atomic E-state index is -5.67. The van der Waals surface area contributed by atoms with Gasteiger partial charge in [-0.25, -0.2) is 8.78 Å². The molecule has 0 radical (unpaired) electrons. The first kappa shape index (κ1) is 12.4. The highest BCUT2D eigenvalue weighted by Crippen LogP contribution is 2.30. The summed E-state index contributed by atoms with van der Waals surface area (Å²) in [5, 5.41) is 0. The van der Waals surface area contributed by atoms with Crippen LogP contribution in [0.5, 0.6) is 0 Å². The van der Waals surface area contributed by atoms with E-state index in [1.807, 2.05) is 0 Å². The Kier molecular flexibility index (Phi) is 3.47. The Labute approximate surface area is 66.3 Å². The smallest absolute Gasteiger partial charge is 0.299 e. The van der Waals surface area contributed by atoms with Gasteiger partial charge in [-0.05, 0) is 0 Å². The second-order valence-electron chi connectivity index (χ2n) is 1.85. The summed E-state index contributed by atoms with van der Waals surface area (Å²) in [4.78, 5) is 0. The van der Waals surface area contributed by atoms with Crippen molar-refractivity contribution < 1.29 is 39.9 Å². The molecule has 0 bridgehead atoms. The molecule has 80 valence electrons. The van der Waals surface area contributed by atoms with E-state index in [1.54, 1.807) is 0 Å². The average molecular weight is 218 g/mol. The summed E-state index contributed by atoms with van der Waals surface area (Å²) in [7, 11) is 0. The van der Waals surface area contributed by atoms with Gasteiger partial charge in [0.2, 0.25) is 0 Å². The van der Waals surface area contributed by atoms with E-state index in [-0.39, 0.29) is 0 Å². The van der Waals surface area contributed by atoms with E-state index in [1.165, 1.54) is 0 Å². The van der Waals surface area contributed by atoms with Crippen LogP contribution in [0.4, 0.5) is 35.1 Å². The van der Waals surface area contributed by atoms with Crippen LogP contribution in [-0.4, -0.2) is 25.1 Å². The van der Waals surface area contributed by atoms with Crippen molar-refractivity contribution >= 4 is 0 Å². The average Bonchev–Trinajstić information content (AvgIpc) is 1.82. The van der Waals surface area contributed by atoms with Crippen LogP contribution in [0.25, 0.3) is 0 Å². The molecule has 0 aromatic rings. The Morgan fingerprint density at radius 1 is 0.692 bits per heavy atom. The maximum absolute atomic E-state index is 11.6.